The van der Waals surface area contributed by atoms with Gasteiger partial charge in [-0.25, -0.2) is 9.78 Å². The lowest BCUT2D eigenvalue weighted by Crippen LogP contribution is -2.12. The lowest BCUT2D eigenvalue weighted by molar-refractivity contribution is -0.134. The zero-order chi connectivity index (χ0) is 24.4. The predicted octanol–water partition coefficient (Wildman–Crippen LogP) is 4.19. The SMILES string of the molecule is Cc1cc(OCc2ccncc2)ccc1NC1=C(C(=O)O)C(=O)/C(=C/c2c[nH]c3ncccc23)O1. The number of aryl methyl sites for hydroxylation is 1. The van der Waals surface area contributed by atoms with Crippen molar-refractivity contribution in [3.8, 4) is 5.75 Å². The van der Waals surface area contributed by atoms with Gasteiger partial charge in [-0.2, -0.15) is 0 Å². The number of aromatic amines is 1. The molecule has 1 aromatic carbocycles. The zero-order valence-electron chi connectivity index (χ0n) is 18.6. The van der Waals surface area contributed by atoms with E-state index in [1.54, 1.807) is 43.0 Å². The van der Waals surface area contributed by atoms with Crippen LogP contribution in [0.3, 0.4) is 0 Å². The second-order valence-corrected chi connectivity index (χ2v) is 7.84. The molecule has 0 aliphatic carbocycles. The topological polar surface area (TPSA) is 126 Å². The number of carbonyl (C=O) groups excluding carboxylic acids is 1. The maximum absolute atomic E-state index is 12.8. The third-order valence-corrected chi connectivity index (χ3v) is 5.47. The highest BCUT2D eigenvalue weighted by Gasteiger charge is 2.36. The van der Waals surface area contributed by atoms with Crippen LogP contribution in [0, 0.1) is 6.92 Å². The number of hydrogen-bond donors (Lipinski definition) is 3. The van der Waals surface area contributed by atoms with Crippen LogP contribution < -0.4 is 10.1 Å². The number of aliphatic carboxylic acids is 1. The number of H-pyrrole nitrogens is 1. The van der Waals surface area contributed by atoms with Crippen molar-refractivity contribution in [1.82, 2.24) is 15.0 Å². The van der Waals surface area contributed by atoms with Gasteiger partial charge in [-0.15, -0.1) is 0 Å². The molecule has 4 aromatic rings. The van der Waals surface area contributed by atoms with Crippen molar-refractivity contribution in [2.45, 2.75) is 13.5 Å². The first kappa shape index (κ1) is 21.9. The van der Waals surface area contributed by atoms with Crippen molar-refractivity contribution in [2.75, 3.05) is 5.32 Å². The van der Waals surface area contributed by atoms with Crippen molar-refractivity contribution in [3.05, 3.63) is 101 Å². The Hall–Kier alpha value is -4.92. The standard InChI is InChI=1S/C26H20N4O5/c1-15-11-18(34-14-16-6-9-27-10-7-16)4-5-20(15)30-25-22(26(32)33)23(31)21(35-25)12-17-13-29-24-19(17)3-2-8-28-24/h2-13,30H,14H2,1H3,(H,28,29)(H,32,33)/b21-12-. The number of pyridine rings is 2. The first-order valence-electron chi connectivity index (χ1n) is 10.7. The molecular weight excluding hydrogens is 448 g/mol. The van der Waals surface area contributed by atoms with Crippen molar-refractivity contribution in [3.63, 3.8) is 0 Å². The lowest BCUT2D eigenvalue weighted by atomic mass is 10.1. The number of aromatic nitrogens is 3. The number of nitrogens with one attached hydrogen (secondary N) is 2. The Labute approximate surface area is 199 Å². The smallest absolute Gasteiger partial charge is 0.345 e. The third-order valence-electron chi connectivity index (χ3n) is 5.47. The highest BCUT2D eigenvalue weighted by atomic mass is 16.5. The minimum atomic E-state index is -1.38. The summed E-state index contributed by atoms with van der Waals surface area (Å²) in [5.41, 5.74) is 3.20. The Morgan fingerprint density at radius 3 is 2.80 bits per heavy atom. The van der Waals surface area contributed by atoms with Crippen LogP contribution in [0.1, 0.15) is 16.7 Å². The number of nitrogens with zero attached hydrogens (tertiary/aromatic N) is 2. The molecule has 0 bridgehead atoms. The quantitative estimate of drug-likeness (QED) is 0.272. The average molecular weight is 468 g/mol. The number of benzene rings is 1. The van der Waals surface area contributed by atoms with Crippen molar-refractivity contribution in [1.29, 1.82) is 0 Å². The molecule has 0 fully saturated rings. The summed E-state index contributed by atoms with van der Waals surface area (Å²) in [5, 5.41) is 13.4. The fourth-order valence-electron chi connectivity index (χ4n) is 3.68. The lowest BCUT2D eigenvalue weighted by Gasteiger charge is -2.13. The van der Waals surface area contributed by atoms with Crippen molar-refractivity contribution in [2.24, 2.45) is 0 Å². The zero-order valence-corrected chi connectivity index (χ0v) is 18.6. The van der Waals surface area contributed by atoms with Gasteiger partial charge in [0.05, 0.1) is 0 Å². The molecule has 0 radical (unpaired) electrons. The van der Waals surface area contributed by atoms with Crippen LogP contribution in [0.15, 0.2) is 84.5 Å². The van der Waals surface area contributed by atoms with Gasteiger partial charge in [-0.3, -0.25) is 9.78 Å². The summed E-state index contributed by atoms with van der Waals surface area (Å²) in [5.74, 6) is -1.68. The number of allylic oxidation sites excluding steroid dienone is 1. The molecule has 3 aromatic heterocycles. The second-order valence-electron chi connectivity index (χ2n) is 7.84. The van der Waals surface area contributed by atoms with Gasteiger partial charge in [0.2, 0.25) is 11.7 Å². The molecule has 35 heavy (non-hydrogen) atoms. The summed E-state index contributed by atoms with van der Waals surface area (Å²) in [6.07, 6.45) is 8.24. The van der Waals surface area contributed by atoms with E-state index >= 15 is 0 Å². The molecule has 0 saturated heterocycles. The minimum Gasteiger partial charge on any atom is -0.489 e. The molecule has 4 heterocycles. The molecule has 0 spiro atoms. The van der Waals surface area contributed by atoms with E-state index in [9.17, 15) is 14.7 Å². The van der Waals surface area contributed by atoms with Gasteiger partial charge < -0.3 is 24.9 Å². The molecule has 0 unspecified atom stereocenters. The van der Waals surface area contributed by atoms with E-state index in [1.807, 2.05) is 31.2 Å². The van der Waals surface area contributed by atoms with Crippen LogP contribution in [0.25, 0.3) is 17.1 Å². The van der Waals surface area contributed by atoms with Crippen molar-refractivity contribution < 1.29 is 24.2 Å². The molecule has 174 valence electrons. The maximum Gasteiger partial charge on any atom is 0.345 e. The maximum atomic E-state index is 12.8. The van der Waals surface area contributed by atoms with Gasteiger partial charge in [0.15, 0.2) is 11.3 Å². The van der Waals surface area contributed by atoms with E-state index in [1.165, 1.54) is 6.08 Å². The van der Waals surface area contributed by atoms with Gasteiger partial charge in [-0.05, 0) is 66.6 Å². The van der Waals surface area contributed by atoms with E-state index in [0.29, 0.717) is 29.3 Å². The summed E-state index contributed by atoms with van der Waals surface area (Å²) in [4.78, 5) is 35.9. The van der Waals surface area contributed by atoms with E-state index < -0.39 is 17.3 Å². The van der Waals surface area contributed by atoms with Gasteiger partial charge >= 0.3 is 5.97 Å². The highest BCUT2D eigenvalue weighted by molar-refractivity contribution is 6.26. The number of carboxylic acid groups (broad SMARTS) is 1. The summed E-state index contributed by atoms with van der Waals surface area (Å²) < 4.78 is 11.5. The van der Waals surface area contributed by atoms with E-state index in [-0.39, 0.29) is 11.6 Å². The number of fused-ring (bicyclic) bond motifs is 1. The molecular formula is C26H20N4O5. The molecule has 9 nitrogen and oxygen atoms in total. The molecule has 0 amide bonds. The third kappa shape index (κ3) is 4.47. The molecule has 5 rings (SSSR count). The van der Waals surface area contributed by atoms with E-state index in [0.717, 1.165) is 16.5 Å². The monoisotopic (exact) mass is 468 g/mol. The molecule has 1 aliphatic rings. The fraction of sp³-hybridized carbons (Fsp3) is 0.0769. The molecule has 0 saturated carbocycles. The number of ketones is 1. The Bertz CT molecular complexity index is 1500. The van der Waals surface area contributed by atoms with Gasteiger partial charge in [0.25, 0.3) is 0 Å². The summed E-state index contributed by atoms with van der Waals surface area (Å²) in [6.45, 7) is 2.23. The first-order chi connectivity index (χ1) is 17.0. The number of ether oxygens (including phenoxy) is 2. The Morgan fingerprint density at radius 2 is 2.03 bits per heavy atom. The van der Waals surface area contributed by atoms with Gasteiger partial charge in [-0.1, -0.05) is 0 Å². The van der Waals surface area contributed by atoms with Crippen LogP contribution in [-0.2, 0) is 20.9 Å². The largest absolute Gasteiger partial charge is 0.489 e. The molecule has 3 N–H and O–H groups in total. The normalized spacial score (nSPS) is 14.4. The number of carboxylic acids is 1. The number of Topliss-reactive ketones (excluding diaryl/α,β-unsaturated/α-hetero) is 1. The van der Waals surface area contributed by atoms with E-state index in [4.69, 9.17) is 9.47 Å². The molecule has 0 atom stereocenters. The van der Waals surface area contributed by atoms with Crippen molar-refractivity contribution >= 4 is 34.5 Å². The number of anilines is 1. The summed E-state index contributed by atoms with van der Waals surface area (Å²) in [6, 6.07) is 12.7. The fourth-order valence-corrected chi connectivity index (χ4v) is 3.68. The second kappa shape index (κ2) is 9.14. The number of rotatable bonds is 7. The Balaban J connectivity index is 1.36. The summed E-state index contributed by atoms with van der Waals surface area (Å²) >= 11 is 0. The van der Waals surface area contributed by atoms with Crippen LogP contribution in [0.4, 0.5) is 5.69 Å². The Kier molecular flexibility index (Phi) is 5.72. The van der Waals surface area contributed by atoms with Crippen LogP contribution >= 0.6 is 0 Å². The predicted molar refractivity (Wildman–Crippen MR) is 128 cm³/mol. The van der Waals surface area contributed by atoms with Gasteiger partial charge in [0, 0.05) is 41.4 Å². The van der Waals surface area contributed by atoms with Gasteiger partial charge in [0.1, 0.15) is 18.0 Å². The number of hydrogen-bond acceptors (Lipinski definition) is 7. The molecule has 1 aliphatic heterocycles. The minimum absolute atomic E-state index is 0.0930. The Morgan fingerprint density at radius 1 is 1.20 bits per heavy atom. The first-order valence-corrected chi connectivity index (χ1v) is 10.7. The number of carbonyl (C=O) groups is 2. The highest BCUT2D eigenvalue weighted by Crippen LogP contribution is 2.31. The van der Waals surface area contributed by atoms with Crippen LogP contribution in [0.5, 0.6) is 5.75 Å². The average Bonchev–Trinajstić information content (AvgIpc) is 3.40. The molecule has 9 heteroatoms. The van der Waals surface area contributed by atoms with Crippen LogP contribution in [-0.4, -0.2) is 31.8 Å². The van der Waals surface area contributed by atoms with E-state index in [2.05, 4.69) is 20.3 Å². The van der Waals surface area contributed by atoms with Crippen LogP contribution in [0.2, 0.25) is 0 Å². The summed E-state index contributed by atoms with van der Waals surface area (Å²) in [7, 11) is 0.